The van der Waals surface area contributed by atoms with Crippen LogP contribution in [0.1, 0.15) is 25.0 Å². The molecule has 3 heterocycles. The Kier molecular flexibility index (Phi) is 16.2. The second kappa shape index (κ2) is 27.3. The van der Waals surface area contributed by atoms with E-state index in [1.165, 1.54) is 94.3 Å². The molecule has 5 nitrogen and oxygen atoms in total. The highest BCUT2D eigenvalue weighted by atomic mass is 16.3. The molecule has 0 aliphatic heterocycles. The van der Waals surface area contributed by atoms with E-state index in [0.717, 1.165) is 100 Å². The smallest absolute Gasteiger partial charge is 0.143 e. The number of nitrogens with zero attached hydrogens (tertiary/aromatic N) is 3. The van der Waals surface area contributed by atoms with E-state index < -0.39 is 0 Å². The van der Waals surface area contributed by atoms with E-state index in [9.17, 15) is 0 Å². The van der Waals surface area contributed by atoms with Crippen LogP contribution in [0.5, 0.6) is 0 Å². The summed E-state index contributed by atoms with van der Waals surface area (Å²) in [5, 5.41) is 7.08. The van der Waals surface area contributed by atoms with Crippen molar-refractivity contribution >= 4 is 99.8 Å². The highest BCUT2D eigenvalue weighted by Gasteiger charge is 2.37. The quantitative estimate of drug-likeness (QED) is 0.115. The molecule has 0 unspecified atom stereocenters. The molecule has 21 rings (SSSR count). The van der Waals surface area contributed by atoms with Gasteiger partial charge in [0.1, 0.15) is 22.3 Å². The van der Waals surface area contributed by atoms with Crippen molar-refractivity contribution in [3.63, 3.8) is 0 Å². The average molecular weight is 1410 g/mol. The third kappa shape index (κ3) is 11.6. The number of para-hydroxylation sites is 7. The first-order valence-corrected chi connectivity index (χ1v) is 37.8. The normalized spacial score (nSPS) is 12.2. The van der Waals surface area contributed by atoms with Gasteiger partial charge in [0, 0.05) is 88.7 Å². The highest BCUT2D eigenvalue weighted by molar-refractivity contribution is 6.12. The van der Waals surface area contributed by atoms with Gasteiger partial charge >= 0.3 is 0 Å². The summed E-state index contributed by atoms with van der Waals surface area (Å²) >= 11 is 0. The molecule has 0 saturated heterocycles. The lowest BCUT2D eigenvalue weighted by Crippen LogP contribution is -2.17. The minimum atomic E-state index is -0.187. The molecule has 5 heteroatoms. The van der Waals surface area contributed by atoms with Gasteiger partial charge in [-0.2, -0.15) is 0 Å². The van der Waals surface area contributed by atoms with Gasteiger partial charge in [0.15, 0.2) is 0 Å². The van der Waals surface area contributed by atoms with Gasteiger partial charge in [-0.15, -0.1) is 0 Å². The van der Waals surface area contributed by atoms with E-state index >= 15 is 0 Å². The number of aromatic nitrogens is 1. The highest BCUT2D eigenvalue weighted by Crippen LogP contribution is 2.52. The van der Waals surface area contributed by atoms with Crippen molar-refractivity contribution in [2.75, 3.05) is 9.80 Å². The lowest BCUT2D eigenvalue weighted by Gasteiger charge is -2.28. The van der Waals surface area contributed by atoms with Crippen LogP contribution in [0.3, 0.4) is 0 Å². The molecular formula is C105H73N3O2. The van der Waals surface area contributed by atoms with Crippen LogP contribution >= 0.6 is 0 Å². The van der Waals surface area contributed by atoms with E-state index in [0.29, 0.717) is 0 Å². The fraction of sp³-hybridized carbons (Fsp3) is 0.0286. The van der Waals surface area contributed by atoms with E-state index in [4.69, 9.17) is 8.83 Å². The molecule has 0 spiro atoms. The van der Waals surface area contributed by atoms with Crippen molar-refractivity contribution in [1.82, 2.24) is 4.57 Å². The maximum atomic E-state index is 6.41. The molecule has 20 aromatic rings. The minimum absolute atomic E-state index is 0.187. The number of hydrogen-bond donors (Lipinski definition) is 0. The summed E-state index contributed by atoms with van der Waals surface area (Å²) in [7, 11) is 0. The maximum Gasteiger partial charge on any atom is 0.143 e. The van der Waals surface area contributed by atoms with Crippen LogP contribution in [0.15, 0.2) is 415 Å². The summed E-state index contributed by atoms with van der Waals surface area (Å²) in [5.41, 5.74) is 33.0. The predicted molar refractivity (Wildman–Crippen MR) is 461 cm³/mol. The first kappa shape index (κ1) is 65.3. The van der Waals surface area contributed by atoms with Gasteiger partial charge in [0.2, 0.25) is 0 Å². The van der Waals surface area contributed by atoms with E-state index in [2.05, 4.69) is 410 Å². The molecule has 0 atom stereocenters. The van der Waals surface area contributed by atoms with E-state index in [1.54, 1.807) is 0 Å². The van der Waals surface area contributed by atoms with Crippen LogP contribution in [0.25, 0.3) is 149 Å². The summed E-state index contributed by atoms with van der Waals surface area (Å²) in [4.78, 5) is 4.70. The van der Waals surface area contributed by atoms with Crippen molar-refractivity contribution < 1.29 is 8.83 Å². The molecule has 0 saturated carbocycles. The second-order valence-corrected chi connectivity index (χ2v) is 29.1. The summed E-state index contributed by atoms with van der Waals surface area (Å²) in [5.74, 6) is 0. The van der Waals surface area contributed by atoms with Crippen molar-refractivity contribution in [3.8, 4) is 83.6 Å². The van der Waals surface area contributed by atoms with Crippen molar-refractivity contribution in [3.05, 3.63) is 418 Å². The van der Waals surface area contributed by atoms with Crippen molar-refractivity contribution in [1.29, 1.82) is 0 Å². The Hall–Kier alpha value is -14.3. The molecule has 0 N–H and O–H groups in total. The third-order valence-electron chi connectivity index (χ3n) is 22.3. The molecule has 1 aliphatic rings. The first-order chi connectivity index (χ1) is 54.3. The molecule has 0 fully saturated rings. The Bertz CT molecular complexity index is 6590. The molecule has 3 aromatic heterocycles. The van der Waals surface area contributed by atoms with Gasteiger partial charge < -0.3 is 23.2 Å². The minimum Gasteiger partial charge on any atom is -0.455 e. The molecule has 0 bridgehead atoms. The van der Waals surface area contributed by atoms with Gasteiger partial charge in [-0.05, 0) is 187 Å². The lowest BCUT2D eigenvalue weighted by atomic mass is 9.82. The molecular weight excluding hydrogens is 1340 g/mol. The topological polar surface area (TPSA) is 37.7 Å². The van der Waals surface area contributed by atoms with Crippen LogP contribution in [-0.4, -0.2) is 4.57 Å². The maximum absolute atomic E-state index is 6.41. The summed E-state index contributed by atoms with van der Waals surface area (Å²) < 4.78 is 15.2. The molecule has 1 aliphatic carbocycles. The Balaban J connectivity index is 0.000000144. The lowest BCUT2D eigenvalue weighted by molar-refractivity contribution is 0.660. The van der Waals surface area contributed by atoms with Crippen molar-refractivity contribution in [2.24, 2.45) is 0 Å². The molecule has 0 amide bonds. The van der Waals surface area contributed by atoms with Gasteiger partial charge in [-0.3, -0.25) is 0 Å². The summed E-state index contributed by atoms with van der Waals surface area (Å²) in [6.07, 6.45) is 0. The second-order valence-electron chi connectivity index (χ2n) is 29.1. The Morgan fingerprint density at radius 1 is 0.218 bits per heavy atom. The number of hydrogen-bond acceptors (Lipinski definition) is 4. The van der Waals surface area contributed by atoms with E-state index in [-0.39, 0.29) is 5.41 Å². The monoisotopic (exact) mass is 1410 g/mol. The Morgan fingerprint density at radius 3 is 0.945 bits per heavy atom. The molecule has 17 aromatic carbocycles. The number of fused-ring (bicyclic) bond motifs is 12. The summed E-state index contributed by atoms with van der Waals surface area (Å²) in [6, 6.07) is 146. The van der Waals surface area contributed by atoms with Gasteiger partial charge in [-0.25, -0.2) is 0 Å². The predicted octanol–water partition coefficient (Wildman–Crippen LogP) is 29.5. The zero-order chi connectivity index (χ0) is 73.2. The Morgan fingerprint density at radius 2 is 0.518 bits per heavy atom. The zero-order valence-corrected chi connectivity index (χ0v) is 60.8. The Labute approximate surface area is 639 Å². The van der Waals surface area contributed by atoms with Crippen LogP contribution in [-0.2, 0) is 5.41 Å². The van der Waals surface area contributed by atoms with Gasteiger partial charge in [-0.1, -0.05) is 311 Å². The summed E-state index contributed by atoms with van der Waals surface area (Å²) in [6.45, 7) is 4.75. The van der Waals surface area contributed by atoms with E-state index in [1.807, 2.05) is 24.3 Å². The number of rotatable bonds is 13. The number of anilines is 6. The molecule has 0 radical (unpaired) electrons. The van der Waals surface area contributed by atoms with Crippen LogP contribution in [0, 0.1) is 0 Å². The SMILES string of the molecule is CC1(C)c2cc(N(c3ccccc3)c3ccc(-c4ccc(-c5ccccc5)cc4)cc3)ccc2-c2ccc(-n3c4ccccc4c4ccccc43)cc21.c1ccc(-c2ccc(-c3ccc(N(c4ccc(-c5cccc6c5oc5ccccc56)cc4)c4ccc(-c5cccc6c5oc5ccccc56)cc4)cc3)cc2)cc1. The van der Waals surface area contributed by atoms with Gasteiger partial charge in [0.05, 0.1) is 11.0 Å². The number of furan rings is 2. The van der Waals surface area contributed by atoms with Crippen LogP contribution < -0.4 is 9.80 Å². The largest absolute Gasteiger partial charge is 0.455 e. The zero-order valence-electron chi connectivity index (χ0n) is 60.8. The fourth-order valence-electron chi connectivity index (χ4n) is 16.8. The molecule has 520 valence electrons. The molecule has 110 heavy (non-hydrogen) atoms. The van der Waals surface area contributed by atoms with Crippen LogP contribution in [0.4, 0.5) is 34.1 Å². The number of benzene rings is 17. The first-order valence-electron chi connectivity index (χ1n) is 37.8. The standard InChI is InChI=1S/C54H35NO2.C51H38N2/c1-2-10-36(11-3-1)37-20-22-38(23-21-37)39-24-30-42(31-25-39)55(43-32-26-40(27-33-43)45-14-8-16-49-47-12-4-6-18-51(47)56-53(45)49)44-34-28-41(29-35-44)46-15-9-17-50-48-13-5-7-19-52(48)57-54(46)50;1-51(2)47-33-41(29-31-43(47)44-32-30-42(34-48(44)51)53-49-19-11-9-17-45(49)46-18-10-12-20-50(46)53)52(39-15-7-4-8-16-39)40-27-25-38(26-28-40)37-23-21-36(22-24-37)35-13-5-3-6-14-35/h1-35H;3-34H,1-2H3. The average Bonchev–Trinajstić information content (AvgIpc) is 1.56. The van der Waals surface area contributed by atoms with Gasteiger partial charge in [0.25, 0.3) is 0 Å². The van der Waals surface area contributed by atoms with Crippen molar-refractivity contribution in [2.45, 2.75) is 19.3 Å². The fourth-order valence-corrected chi connectivity index (χ4v) is 16.8. The third-order valence-corrected chi connectivity index (χ3v) is 22.3. The van der Waals surface area contributed by atoms with Crippen LogP contribution in [0.2, 0.25) is 0 Å².